The number of aliphatic hydroxyl groups is 1. The molecule has 0 amide bonds. The Morgan fingerprint density at radius 3 is 2.67 bits per heavy atom. The van der Waals surface area contributed by atoms with Crippen LogP contribution in [0.3, 0.4) is 0 Å². The predicted molar refractivity (Wildman–Crippen MR) is 58.7 cm³/mol. The predicted octanol–water partition coefficient (Wildman–Crippen LogP) is 0.896. The number of halogens is 3. The Hall–Kier alpha value is -2.01. The molecule has 0 aromatic carbocycles. The van der Waals surface area contributed by atoms with Crippen molar-refractivity contribution >= 4 is 11.5 Å². The summed E-state index contributed by atoms with van der Waals surface area (Å²) in [6, 6.07) is 2.97. The SMILES string of the molecule is N#Cc1cc(N)cnc1N(CCO)CC(F)(F)F. The van der Waals surface area contributed by atoms with Gasteiger partial charge < -0.3 is 15.7 Å². The molecular formula is C10H11F3N4O. The number of anilines is 2. The molecule has 0 saturated carbocycles. The molecule has 0 aliphatic carbocycles. The average molecular weight is 260 g/mol. The molecule has 5 nitrogen and oxygen atoms in total. The van der Waals surface area contributed by atoms with E-state index in [0.29, 0.717) is 0 Å². The number of alkyl halides is 3. The van der Waals surface area contributed by atoms with Crippen LogP contribution in [0.5, 0.6) is 0 Å². The maximum Gasteiger partial charge on any atom is 0.405 e. The molecule has 0 fully saturated rings. The molecule has 98 valence electrons. The van der Waals surface area contributed by atoms with Gasteiger partial charge in [0.15, 0.2) is 0 Å². The van der Waals surface area contributed by atoms with Crippen LogP contribution in [0, 0.1) is 11.3 Å². The first-order chi connectivity index (χ1) is 8.37. The first-order valence-corrected chi connectivity index (χ1v) is 4.95. The summed E-state index contributed by atoms with van der Waals surface area (Å²) in [4.78, 5) is 4.51. The smallest absolute Gasteiger partial charge is 0.397 e. The van der Waals surface area contributed by atoms with E-state index in [0.717, 1.165) is 11.1 Å². The van der Waals surface area contributed by atoms with E-state index in [9.17, 15) is 13.2 Å². The Balaban J connectivity index is 3.10. The van der Waals surface area contributed by atoms with Crippen molar-refractivity contribution in [1.29, 1.82) is 5.26 Å². The fourth-order valence-corrected chi connectivity index (χ4v) is 1.40. The molecule has 0 aliphatic rings. The Labute approximate surface area is 101 Å². The van der Waals surface area contributed by atoms with Gasteiger partial charge in [-0.3, -0.25) is 0 Å². The molecular weight excluding hydrogens is 249 g/mol. The highest BCUT2D eigenvalue weighted by Gasteiger charge is 2.32. The van der Waals surface area contributed by atoms with E-state index in [1.807, 2.05) is 0 Å². The lowest BCUT2D eigenvalue weighted by Crippen LogP contribution is -2.37. The van der Waals surface area contributed by atoms with Crippen molar-refractivity contribution in [2.75, 3.05) is 30.3 Å². The molecule has 0 unspecified atom stereocenters. The highest BCUT2D eigenvalue weighted by atomic mass is 19.4. The van der Waals surface area contributed by atoms with Crippen LogP contribution < -0.4 is 10.6 Å². The van der Waals surface area contributed by atoms with Crippen molar-refractivity contribution in [2.24, 2.45) is 0 Å². The number of hydrogen-bond donors (Lipinski definition) is 2. The molecule has 3 N–H and O–H groups in total. The molecule has 0 atom stereocenters. The third-order valence-electron chi connectivity index (χ3n) is 2.05. The standard InChI is InChI=1S/C10H11F3N4O/c11-10(12,13)6-17(1-2-18)9-7(4-14)3-8(15)5-16-9/h3,5,18H,1-2,6,15H2. The van der Waals surface area contributed by atoms with E-state index < -0.39 is 19.3 Å². The first-order valence-electron chi connectivity index (χ1n) is 4.95. The second-order valence-corrected chi connectivity index (χ2v) is 3.51. The van der Waals surface area contributed by atoms with E-state index in [1.165, 1.54) is 6.07 Å². The molecule has 0 bridgehead atoms. The summed E-state index contributed by atoms with van der Waals surface area (Å²) in [5, 5.41) is 17.6. The van der Waals surface area contributed by atoms with Crippen molar-refractivity contribution < 1.29 is 18.3 Å². The van der Waals surface area contributed by atoms with Crippen LogP contribution >= 0.6 is 0 Å². The number of hydrogen-bond acceptors (Lipinski definition) is 5. The summed E-state index contributed by atoms with van der Waals surface area (Å²) < 4.78 is 37.1. The van der Waals surface area contributed by atoms with E-state index in [-0.39, 0.29) is 23.6 Å². The zero-order valence-corrected chi connectivity index (χ0v) is 9.28. The van der Waals surface area contributed by atoms with Crippen LogP contribution in [-0.2, 0) is 0 Å². The molecule has 1 aromatic heterocycles. The van der Waals surface area contributed by atoms with Gasteiger partial charge in [-0.1, -0.05) is 0 Å². The monoisotopic (exact) mass is 260 g/mol. The van der Waals surface area contributed by atoms with Gasteiger partial charge >= 0.3 is 6.18 Å². The van der Waals surface area contributed by atoms with Gasteiger partial charge in [0.25, 0.3) is 0 Å². The maximum absolute atomic E-state index is 12.4. The zero-order chi connectivity index (χ0) is 13.8. The molecule has 18 heavy (non-hydrogen) atoms. The minimum atomic E-state index is -4.45. The van der Waals surface area contributed by atoms with Gasteiger partial charge in [-0.15, -0.1) is 0 Å². The summed E-state index contributed by atoms with van der Waals surface area (Å²) in [5.74, 6) is -0.141. The fraction of sp³-hybridized carbons (Fsp3) is 0.400. The second-order valence-electron chi connectivity index (χ2n) is 3.51. The average Bonchev–Trinajstić information content (AvgIpc) is 2.26. The van der Waals surface area contributed by atoms with Crippen LogP contribution in [0.4, 0.5) is 24.7 Å². The Kier molecular flexibility index (Phi) is 4.33. The molecule has 1 heterocycles. The molecule has 0 saturated heterocycles. The van der Waals surface area contributed by atoms with Crippen molar-refractivity contribution in [3.8, 4) is 6.07 Å². The number of nitrogens with two attached hydrogens (primary N) is 1. The zero-order valence-electron chi connectivity index (χ0n) is 9.28. The molecule has 8 heteroatoms. The maximum atomic E-state index is 12.4. The number of nitrogen functional groups attached to an aromatic ring is 1. The van der Waals surface area contributed by atoms with Crippen molar-refractivity contribution in [1.82, 2.24) is 4.98 Å². The summed E-state index contributed by atoms with van der Waals surface area (Å²) in [7, 11) is 0. The number of pyridine rings is 1. The normalized spacial score (nSPS) is 11.1. The number of aliphatic hydroxyl groups excluding tert-OH is 1. The van der Waals surface area contributed by atoms with Gasteiger partial charge in [0, 0.05) is 6.54 Å². The topological polar surface area (TPSA) is 86.2 Å². The quantitative estimate of drug-likeness (QED) is 0.839. The number of rotatable bonds is 4. The van der Waals surface area contributed by atoms with Gasteiger partial charge in [0.1, 0.15) is 18.4 Å². The third-order valence-corrected chi connectivity index (χ3v) is 2.05. The van der Waals surface area contributed by atoms with Crippen LogP contribution in [0.2, 0.25) is 0 Å². The van der Waals surface area contributed by atoms with Crippen molar-refractivity contribution in [3.05, 3.63) is 17.8 Å². The van der Waals surface area contributed by atoms with E-state index in [2.05, 4.69) is 4.98 Å². The fourth-order valence-electron chi connectivity index (χ4n) is 1.40. The van der Waals surface area contributed by atoms with Crippen LogP contribution in [0.1, 0.15) is 5.56 Å². The Morgan fingerprint density at radius 2 is 2.17 bits per heavy atom. The van der Waals surface area contributed by atoms with Gasteiger partial charge in [0.05, 0.1) is 24.1 Å². The van der Waals surface area contributed by atoms with Gasteiger partial charge in [-0.05, 0) is 6.07 Å². The largest absolute Gasteiger partial charge is 0.405 e. The summed E-state index contributed by atoms with van der Waals surface area (Å²) in [5.41, 5.74) is 5.52. The lowest BCUT2D eigenvalue weighted by molar-refractivity contribution is -0.120. The summed E-state index contributed by atoms with van der Waals surface area (Å²) in [6.07, 6.45) is -3.29. The Morgan fingerprint density at radius 1 is 1.50 bits per heavy atom. The van der Waals surface area contributed by atoms with Crippen molar-refractivity contribution in [2.45, 2.75) is 6.18 Å². The van der Waals surface area contributed by atoms with Gasteiger partial charge in [0.2, 0.25) is 0 Å². The third kappa shape index (κ3) is 3.78. The number of nitriles is 1. The molecule has 0 aliphatic heterocycles. The summed E-state index contributed by atoms with van der Waals surface area (Å²) in [6.45, 7) is -2.04. The van der Waals surface area contributed by atoms with E-state index in [1.54, 1.807) is 6.07 Å². The van der Waals surface area contributed by atoms with Gasteiger partial charge in [-0.25, -0.2) is 4.98 Å². The van der Waals surface area contributed by atoms with Crippen LogP contribution in [0.15, 0.2) is 12.3 Å². The van der Waals surface area contributed by atoms with E-state index >= 15 is 0 Å². The lowest BCUT2D eigenvalue weighted by atomic mass is 10.2. The highest BCUT2D eigenvalue weighted by Crippen LogP contribution is 2.24. The lowest BCUT2D eigenvalue weighted by Gasteiger charge is -2.24. The molecule has 0 radical (unpaired) electrons. The molecule has 1 rings (SSSR count). The summed E-state index contributed by atoms with van der Waals surface area (Å²) >= 11 is 0. The minimum Gasteiger partial charge on any atom is -0.397 e. The van der Waals surface area contributed by atoms with Crippen molar-refractivity contribution in [3.63, 3.8) is 0 Å². The minimum absolute atomic E-state index is 0.0623. The van der Waals surface area contributed by atoms with Crippen LogP contribution in [0.25, 0.3) is 0 Å². The Bertz CT molecular complexity index is 455. The second kappa shape index (κ2) is 5.55. The van der Waals surface area contributed by atoms with Crippen LogP contribution in [-0.4, -0.2) is 36.0 Å². The molecule has 1 aromatic rings. The number of nitrogens with zero attached hydrogens (tertiary/aromatic N) is 3. The van der Waals surface area contributed by atoms with Gasteiger partial charge in [-0.2, -0.15) is 18.4 Å². The molecule has 0 spiro atoms. The van der Waals surface area contributed by atoms with E-state index in [4.69, 9.17) is 16.1 Å². The number of aromatic nitrogens is 1. The first kappa shape index (κ1) is 14.1. The highest BCUT2D eigenvalue weighted by molar-refractivity contribution is 5.58.